The van der Waals surface area contributed by atoms with Gasteiger partial charge in [-0.15, -0.1) is 0 Å². The molecule has 0 radical (unpaired) electrons. The number of thioether (sulfide) groups is 1. The summed E-state index contributed by atoms with van der Waals surface area (Å²) < 4.78 is 13.7. The maximum absolute atomic E-state index is 13.7. The monoisotopic (exact) mass is 477 g/mol. The third kappa shape index (κ3) is 5.97. The summed E-state index contributed by atoms with van der Waals surface area (Å²) >= 11 is 6.36. The zero-order valence-corrected chi connectivity index (χ0v) is 19.0. The fourth-order valence-corrected chi connectivity index (χ4v) is 3.88. The van der Waals surface area contributed by atoms with Crippen LogP contribution in [0.25, 0.3) is 22.5 Å². The van der Waals surface area contributed by atoms with E-state index in [1.807, 2.05) is 60.7 Å². The summed E-state index contributed by atoms with van der Waals surface area (Å²) in [5.74, 6) is -0.646. The summed E-state index contributed by atoms with van der Waals surface area (Å²) in [6.07, 6.45) is 0. The van der Waals surface area contributed by atoms with E-state index in [2.05, 4.69) is 21.2 Å². The zero-order valence-electron chi connectivity index (χ0n) is 17.3. The summed E-state index contributed by atoms with van der Waals surface area (Å²) in [4.78, 5) is 20.3. The van der Waals surface area contributed by atoms with Crippen molar-refractivity contribution < 1.29 is 9.18 Å². The lowest BCUT2D eigenvalue weighted by atomic mass is 10.1. The molecule has 0 aliphatic carbocycles. The summed E-state index contributed by atoms with van der Waals surface area (Å²) in [5.41, 5.74) is 8.98. The molecule has 0 saturated carbocycles. The van der Waals surface area contributed by atoms with Gasteiger partial charge in [0.1, 0.15) is 5.82 Å². The van der Waals surface area contributed by atoms with Gasteiger partial charge in [-0.1, -0.05) is 84.6 Å². The number of para-hydroxylation sites is 1. The molecule has 4 aromatic rings. The van der Waals surface area contributed by atoms with E-state index < -0.39 is 5.82 Å². The number of nitrogens with one attached hydrogen (secondary N) is 4. The number of benzene rings is 3. The van der Waals surface area contributed by atoms with Gasteiger partial charge in [0, 0.05) is 11.1 Å². The molecule has 0 saturated heterocycles. The molecule has 4 rings (SSSR count). The Morgan fingerprint density at radius 3 is 2.24 bits per heavy atom. The molecule has 4 N–H and O–H groups in total. The molecular formula is C24H20FN5OS2. The number of thiocarbonyl (C=S) groups is 1. The second-order valence-corrected chi connectivity index (χ2v) is 8.27. The van der Waals surface area contributed by atoms with E-state index in [0.717, 1.165) is 22.5 Å². The SMILES string of the molecule is O=C(CSc1nc(-c2ccccc2)c(-c2ccccc2)[nH]1)NNC(=S)Nc1ccccc1F. The van der Waals surface area contributed by atoms with Gasteiger partial charge in [-0.2, -0.15) is 0 Å². The number of amides is 1. The Morgan fingerprint density at radius 1 is 0.909 bits per heavy atom. The third-order valence-corrected chi connectivity index (χ3v) is 5.65. The minimum absolute atomic E-state index is 0.0779. The number of rotatable bonds is 6. The molecule has 0 aliphatic heterocycles. The van der Waals surface area contributed by atoms with Gasteiger partial charge in [-0.25, -0.2) is 9.37 Å². The van der Waals surface area contributed by atoms with Crippen LogP contribution < -0.4 is 16.2 Å². The second kappa shape index (κ2) is 10.8. The van der Waals surface area contributed by atoms with E-state index in [9.17, 15) is 9.18 Å². The van der Waals surface area contributed by atoms with Gasteiger partial charge in [0.05, 0.1) is 22.8 Å². The van der Waals surface area contributed by atoms with Crippen molar-refractivity contribution >= 4 is 40.7 Å². The lowest BCUT2D eigenvalue weighted by Gasteiger charge is -2.11. The Kier molecular flexibility index (Phi) is 7.33. The van der Waals surface area contributed by atoms with E-state index in [-0.39, 0.29) is 22.5 Å². The molecule has 0 aliphatic rings. The van der Waals surface area contributed by atoms with Gasteiger partial charge in [-0.05, 0) is 24.4 Å². The van der Waals surface area contributed by atoms with Gasteiger partial charge >= 0.3 is 0 Å². The van der Waals surface area contributed by atoms with Crippen LogP contribution in [0.2, 0.25) is 0 Å². The molecule has 1 amide bonds. The number of anilines is 1. The number of carbonyl (C=O) groups is 1. The van der Waals surface area contributed by atoms with E-state index in [4.69, 9.17) is 17.2 Å². The van der Waals surface area contributed by atoms with Crippen molar-refractivity contribution in [3.63, 3.8) is 0 Å². The average molecular weight is 478 g/mol. The Bertz CT molecular complexity index is 1190. The number of nitrogens with zero attached hydrogens (tertiary/aromatic N) is 1. The first kappa shape index (κ1) is 22.5. The first-order chi connectivity index (χ1) is 16.1. The number of aromatic amines is 1. The predicted octanol–water partition coefficient (Wildman–Crippen LogP) is 4.99. The highest BCUT2D eigenvalue weighted by Gasteiger charge is 2.15. The maximum Gasteiger partial charge on any atom is 0.248 e. The first-order valence-corrected chi connectivity index (χ1v) is 11.4. The van der Waals surface area contributed by atoms with Crippen LogP contribution in [0.3, 0.4) is 0 Å². The maximum atomic E-state index is 13.7. The van der Waals surface area contributed by atoms with Crippen molar-refractivity contribution in [1.82, 2.24) is 20.8 Å². The van der Waals surface area contributed by atoms with Crippen molar-refractivity contribution in [1.29, 1.82) is 0 Å². The van der Waals surface area contributed by atoms with Gasteiger partial charge < -0.3 is 10.3 Å². The quantitative estimate of drug-likeness (QED) is 0.178. The Morgan fingerprint density at radius 2 is 1.55 bits per heavy atom. The Hall–Kier alpha value is -3.69. The summed E-state index contributed by atoms with van der Waals surface area (Å²) in [6, 6.07) is 25.9. The lowest BCUT2D eigenvalue weighted by Crippen LogP contribution is -2.44. The predicted molar refractivity (Wildman–Crippen MR) is 134 cm³/mol. The fourth-order valence-electron chi connectivity index (χ4n) is 3.05. The van der Waals surface area contributed by atoms with E-state index in [1.165, 1.54) is 17.8 Å². The number of carbonyl (C=O) groups excluding carboxylic acids is 1. The molecule has 9 heteroatoms. The van der Waals surface area contributed by atoms with Crippen molar-refractivity contribution in [2.24, 2.45) is 0 Å². The lowest BCUT2D eigenvalue weighted by molar-refractivity contribution is -0.119. The smallest absolute Gasteiger partial charge is 0.248 e. The third-order valence-electron chi connectivity index (χ3n) is 4.57. The second-order valence-electron chi connectivity index (χ2n) is 6.89. The number of H-pyrrole nitrogens is 1. The van der Waals surface area contributed by atoms with Crippen molar-refractivity contribution in [3.8, 4) is 22.5 Å². The van der Waals surface area contributed by atoms with Gasteiger partial charge in [0.15, 0.2) is 10.3 Å². The van der Waals surface area contributed by atoms with E-state index >= 15 is 0 Å². The Labute approximate surface area is 200 Å². The molecule has 0 bridgehead atoms. The highest BCUT2D eigenvalue weighted by molar-refractivity contribution is 7.99. The van der Waals surface area contributed by atoms with Crippen LogP contribution >= 0.6 is 24.0 Å². The van der Waals surface area contributed by atoms with Crippen LogP contribution in [0.15, 0.2) is 90.1 Å². The van der Waals surface area contributed by atoms with Gasteiger partial charge in [0.25, 0.3) is 0 Å². The van der Waals surface area contributed by atoms with E-state index in [0.29, 0.717) is 5.16 Å². The standard InChI is InChI=1S/C24H20FN5OS2/c25-18-13-7-8-14-19(18)26-23(32)30-29-20(31)15-33-24-27-21(16-9-3-1-4-10-16)22(28-24)17-11-5-2-6-12-17/h1-14H,15H2,(H,27,28)(H,29,31)(H2,26,30,32). The van der Waals surface area contributed by atoms with Crippen molar-refractivity contribution in [2.45, 2.75) is 5.16 Å². The largest absolute Gasteiger partial charge is 0.332 e. The molecule has 0 atom stereocenters. The summed E-state index contributed by atoms with van der Waals surface area (Å²) in [6.45, 7) is 0. The fraction of sp³-hybridized carbons (Fsp3) is 0.0417. The molecule has 0 spiro atoms. The topological polar surface area (TPSA) is 81.8 Å². The van der Waals surface area contributed by atoms with Crippen molar-refractivity contribution in [3.05, 3.63) is 90.7 Å². The minimum atomic E-state index is -0.440. The number of halogens is 1. The average Bonchev–Trinajstić information content (AvgIpc) is 3.28. The molecule has 0 unspecified atom stereocenters. The Balaban J connectivity index is 1.38. The van der Waals surface area contributed by atoms with Gasteiger partial charge in [0.2, 0.25) is 5.91 Å². The number of hydrazine groups is 1. The van der Waals surface area contributed by atoms with Crippen LogP contribution in [-0.2, 0) is 4.79 Å². The normalized spacial score (nSPS) is 10.5. The molecule has 0 fully saturated rings. The number of hydrogen-bond acceptors (Lipinski definition) is 4. The van der Waals surface area contributed by atoms with Crippen LogP contribution in [0.4, 0.5) is 10.1 Å². The summed E-state index contributed by atoms with van der Waals surface area (Å²) in [7, 11) is 0. The number of aromatic nitrogens is 2. The molecule has 3 aromatic carbocycles. The number of imidazole rings is 1. The summed E-state index contributed by atoms with van der Waals surface area (Å²) in [5, 5.41) is 3.39. The van der Waals surface area contributed by atoms with Crippen LogP contribution in [0.5, 0.6) is 0 Å². The van der Waals surface area contributed by atoms with Crippen LogP contribution in [0, 0.1) is 5.82 Å². The molecule has 1 heterocycles. The van der Waals surface area contributed by atoms with Crippen molar-refractivity contribution in [2.75, 3.05) is 11.1 Å². The zero-order chi connectivity index (χ0) is 23.0. The first-order valence-electron chi connectivity index (χ1n) is 10.0. The minimum Gasteiger partial charge on any atom is -0.332 e. The van der Waals surface area contributed by atoms with Gasteiger partial charge in [-0.3, -0.25) is 15.6 Å². The van der Waals surface area contributed by atoms with Crippen LogP contribution in [0.1, 0.15) is 0 Å². The molecular weight excluding hydrogens is 457 g/mol. The molecule has 33 heavy (non-hydrogen) atoms. The highest BCUT2D eigenvalue weighted by atomic mass is 32.2. The van der Waals surface area contributed by atoms with Crippen LogP contribution in [-0.4, -0.2) is 26.7 Å². The molecule has 6 nitrogen and oxygen atoms in total. The molecule has 1 aromatic heterocycles. The number of hydrogen-bond donors (Lipinski definition) is 4. The highest BCUT2D eigenvalue weighted by Crippen LogP contribution is 2.32. The molecule has 166 valence electrons. The van der Waals surface area contributed by atoms with E-state index in [1.54, 1.807) is 18.2 Å².